The number of benzene rings is 1. The molecule has 0 spiro atoms. The highest BCUT2D eigenvalue weighted by Crippen LogP contribution is 2.07. The summed E-state index contributed by atoms with van der Waals surface area (Å²) < 4.78 is 12.7. The maximum Gasteiger partial charge on any atom is 0.239 e. The zero-order valence-corrected chi connectivity index (χ0v) is 10.3. The van der Waals surface area contributed by atoms with Gasteiger partial charge in [0.05, 0.1) is 18.8 Å². The Hall–Kier alpha value is -2.43. The van der Waals surface area contributed by atoms with E-state index in [1.165, 1.54) is 12.1 Å². The summed E-state index contributed by atoms with van der Waals surface area (Å²) in [5.74, 6) is -0.444. The van der Waals surface area contributed by atoms with E-state index < -0.39 is 0 Å². The lowest BCUT2D eigenvalue weighted by atomic mass is 10.3. The molecule has 5 heteroatoms. The quantitative estimate of drug-likeness (QED) is 0.863. The summed E-state index contributed by atoms with van der Waals surface area (Å²) in [5.41, 5.74) is 1.51. The number of carbonyl (C=O) groups is 1. The van der Waals surface area contributed by atoms with Crippen LogP contribution in [0.2, 0.25) is 0 Å². The van der Waals surface area contributed by atoms with Crippen molar-refractivity contribution in [3.63, 3.8) is 0 Å². The molecule has 0 aliphatic carbocycles. The zero-order chi connectivity index (χ0) is 13.5. The highest BCUT2D eigenvalue weighted by molar-refractivity contribution is 5.80. The van der Waals surface area contributed by atoms with Crippen LogP contribution in [-0.2, 0) is 11.3 Å². The zero-order valence-electron chi connectivity index (χ0n) is 10.3. The number of amides is 1. The van der Waals surface area contributed by atoms with Crippen LogP contribution in [0.15, 0.2) is 48.7 Å². The molecule has 4 nitrogen and oxygen atoms in total. The van der Waals surface area contributed by atoms with Gasteiger partial charge in [-0.1, -0.05) is 6.07 Å². The molecular formula is C14H14FN3O. The van der Waals surface area contributed by atoms with Crippen molar-refractivity contribution in [1.29, 1.82) is 0 Å². The smallest absolute Gasteiger partial charge is 0.239 e. The predicted octanol–water partition coefficient (Wildman–Crippen LogP) is 1.95. The Balaban J connectivity index is 1.74. The molecule has 1 aromatic heterocycles. The maximum absolute atomic E-state index is 12.7. The number of hydrogen-bond acceptors (Lipinski definition) is 3. The van der Waals surface area contributed by atoms with Gasteiger partial charge in [0.1, 0.15) is 5.82 Å². The first-order valence-corrected chi connectivity index (χ1v) is 5.90. The van der Waals surface area contributed by atoms with Crippen LogP contribution in [0.4, 0.5) is 10.1 Å². The van der Waals surface area contributed by atoms with Crippen molar-refractivity contribution < 1.29 is 9.18 Å². The molecule has 98 valence electrons. The molecule has 0 radical (unpaired) electrons. The number of halogens is 1. The lowest BCUT2D eigenvalue weighted by Gasteiger charge is -2.07. The molecule has 2 N–H and O–H groups in total. The van der Waals surface area contributed by atoms with Crippen molar-refractivity contribution in [3.05, 3.63) is 60.2 Å². The number of rotatable bonds is 5. The van der Waals surface area contributed by atoms with Crippen LogP contribution in [0, 0.1) is 5.82 Å². The molecule has 0 aliphatic heterocycles. The molecule has 2 aromatic rings. The van der Waals surface area contributed by atoms with Gasteiger partial charge in [-0.3, -0.25) is 9.78 Å². The van der Waals surface area contributed by atoms with Crippen LogP contribution in [0.3, 0.4) is 0 Å². The topological polar surface area (TPSA) is 54.0 Å². The number of anilines is 1. The van der Waals surface area contributed by atoms with Gasteiger partial charge in [-0.25, -0.2) is 4.39 Å². The number of nitrogens with zero attached hydrogens (tertiary/aromatic N) is 1. The van der Waals surface area contributed by atoms with Gasteiger partial charge in [0.2, 0.25) is 5.91 Å². The molecule has 1 aromatic carbocycles. The second-order valence-electron chi connectivity index (χ2n) is 3.96. The van der Waals surface area contributed by atoms with E-state index >= 15 is 0 Å². The van der Waals surface area contributed by atoms with E-state index in [0.29, 0.717) is 12.2 Å². The van der Waals surface area contributed by atoms with E-state index in [-0.39, 0.29) is 18.3 Å². The fourth-order valence-electron chi connectivity index (χ4n) is 1.50. The third kappa shape index (κ3) is 4.39. The molecule has 2 rings (SSSR count). The second-order valence-corrected chi connectivity index (χ2v) is 3.96. The molecule has 1 amide bonds. The molecule has 0 unspecified atom stereocenters. The Morgan fingerprint density at radius 1 is 1.16 bits per heavy atom. The first-order valence-electron chi connectivity index (χ1n) is 5.90. The van der Waals surface area contributed by atoms with Gasteiger partial charge >= 0.3 is 0 Å². The van der Waals surface area contributed by atoms with Crippen molar-refractivity contribution in [3.8, 4) is 0 Å². The first kappa shape index (κ1) is 13.0. The van der Waals surface area contributed by atoms with Crippen LogP contribution >= 0.6 is 0 Å². The van der Waals surface area contributed by atoms with Crippen LogP contribution < -0.4 is 10.6 Å². The maximum atomic E-state index is 12.7. The minimum absolute atomic E-state index is 0.137. The second kappa shape index (κ2) is 6.49. The van der Waals surface area contributed by atoms with Gasteiger partial charge in [0.25, 0.3) is 0 Å². The minimum atomic E-state index is -0.301. The number of pyridine rings is 1. The van der Waals surface area contributed by atoms with Crippen molar-refractivity contribution in [2.75, 3.05) is 11.9 Å². The van der Waals surface area contributed by atoms with E-state index in [0.717, 1.165) is 5.69 Å². The van der Waals surface area contributed by atoms with E-state index in [2.05, 4.69) is 15.6 Å². The summed E-state index contributed by atoms with van der Waals surface area (Å²) in [7, 11) is 0. The number of nitrogens with one attached hydrogen (secondary N) is 2. The molecule has 0 aliphatic rings. The molecule has 0 saturated carbocycles. The minimum Gasteiger partial charge on any atom is -0.376 e. The molecule has 19 heavy (non-hydrogen) atoms. The van der Waals surface area contributed by atoms with Crippen LogP contribution in [0.25, 0.3) is 0 Å². The summed E-state index contributed by atoms with van der Waals surface area (Å²) in [5, 5.41) is 5.65. The largest absolute Gasteiger partial charge is 0.376 e. The summed E-state index contributed by atoms with van der Waals surface area (Å²) in [6.45, 7) is 0.531. The molecule has 1 heterocycles. The average molecular weight is 259 g/mol. The summed E-state index contributed by atoms with van der Waals surface area (Å²) >= 11 is 0. The number of aromatic nitrogens is 1. The normalized spacial score (nSPS) is 9.95. The lowest BCUT2D eigenvalue weighted by molar-refractivity contribution is -0.119. The lowest BCUT2D eigenvalue weighted by Crippen LogP contribution is -2.29. The fourth-order valence-corrected chi connectivity index (χ4v) is 1.50. The third-order valence-corrected chi connectivity index (χ3v) is 2.49. The van der Waals surface area contributed by atoms with Gasteiger partial charge in [-0.15, -0.1) is 0 Å². The van der Waals surface area contributed by atoms with Gasteiger partial charge in [0.15, 0.2) is 0 Å². The van der Waals surface area contributed by atoms with Crippen LogP contribution in [0.5, 0.6) is 0 Å². The summed E-state index contributed by atoms with van der Waals surface area (Å²) in [4.78, 5) is 15.7. The van der Waals surface area contributed by atoms with E-state index in [9.17, 15) is 9.18 Å². The van der Waals surface area contributed by atoms with Crippen molar-refractivity contribution in [2.45, 2.75) is 6.54 Å². The van der Waals surface area contributed by atoms with Crippen molar-refractivity contribution >= 4 is 11.6 Å². The van der Waals surface area contributed by atoms with E-state index in [4.69, 9.17) is 0 Å². The monoisotopic (exact) mass is 259 g/mol. The summed E-state index contributed by atoms with van der Waals surface area (Å²) in [6.07, 6.45) is 1.68. The molecule has 0 saturated heterocycles. The van der Waals surface area contributed by atoms with Crippen LogP contribution in [-0.4, -0.2) is 17.4 Å². The van der Waals surface area contributed by atoms with E-state index in [1.54, 1.807) is 18.3 Å². The van der Waals surface area contributed by atoms with Crippen LogP contribution in [0.1, 0.15) is 5.69 Å². The summed E-state index contributed by atoms with van der Waals surface area (Å²) in [6, 6.07) is 11.4. The molecule has 0 fully saturated rings. The van der Waals surface area contributed by atoms with Gasteiger partial charge in [-0.05, 0) is 36.4 Å². The Morgan fingerprint density at radius 2 is 1.95 bits per heavy atom. The van der Waals surface area contributed by atoms with Crippen molar-refractivity contribution in [2.24, 2.45) is 0 Å². The third-order valence-electron chi connectivity index (χ3n) is 2.49. The van der Waals surface area contributed by atoms with Gasteiger partial charge in [0, 0.05) is 11.9 Å². The van der Waals surface area contributed by atoms with Gasteiger partial charge < -0.3 is 10.6 Å². The number of hydrogen-bond donors (Lipinski definition) is 2. The fraction of sp³-hybridized carbons (Fsp3) is 0.143. The first-order chi connectivity index (χ1) is 9.24. The Bertz CT molecular complexity index is 528. The highest BCUT2D eigenvalue weighted by atomic mass is 19.1. The Morgan fingerprint density at radius 3 is 2.63 bits per heavy atom. The molecule has 0 atom stereocenters. The van der Waals surface area contributed by atoms with Gasteiger partial charge in [-0.2, -0.15) is 0 Å². The molecule has 0 bridgehead atoms. The Labute approximate surface area is 110 Å². The SMILES string of the molecule is O=C(CNc1ccc(F)cc1)NCc1ccccn1. The predicted molar refractivity (Wildman–Crippen MR) is 71.0 cm³/mol. The Kier molecular flexibility index (Phi) is 4.44. The van der Waals surface area contributed by atoms with Crippen molar-refractivity contribution in [1.82, 2.24) is 10.3 Å². The average Bonchev–Trinajstić information content (AvgIpc) is 2.45. The highest BCUT2D eigenvalue weighted by Gasteiger charge is 2.01. The number of carbonyl (C=O) groups excluding carboxylic acids is 1. The van der Waals surface area contributed by atoms with E-state index in [1.807, 2.05) is 18.2 Å². The standard InChI is InChI=1S/C14H14FN3O/c15-11-4-6-12(7-5-11)17-10-14(19)18-9-13-3-1-2-8-16-13/h1-8,17H,9-10H2,(H,18,19). The molecular weight excluding hydrogens is 245 g/mol.